The van der Waals surface area contributed by atoms with Crippen molar-refractivity contribution in [2.75, 3.05) is 6.54 Å². The topological polar surface area (TPSA) is 107 Å². The van der Waals surface area contributed by atoms with E-state index in [2.05, 4.69) is 25.9 Å². The molecule has 32 heavy (non-hydrogen) atoms. The summed E-state index contributed by atoms with van der Waals surface area (Å²) in [4.78, 5) is 16.6. The van der Waals surface area contributed by atoms with E-state index in [4.69, 9.17) is 0 Å². The number of rotatable bonds is 9. The van der Waals surface area contributed by atoms with Crippen molar-refractivity contribution >= 4 is 11.8 Å². The van der Waals surface area contributed by atoms with Crippen LogP contribution in [0.2, 0.25) is 0 Å². The summed E-state index contributed by atoms with van der Waals surface area (Å²) in [5.41, 5.74) is 2.43. The van der Waals surface area contributed by atoms with Gasteiger partial charge in [-0.3, -0.25) is 4.79 Å². The average molecular weight is 435 g/mol. The fraction of sp³-hybridized carbons (Fsp3) is 0.304. The predicted molar refractivity (Wildman–Crippen MR) is 116 cm³/mol. The molecular weight excluding hydrogens is 411 g/mol. The number of amides is 1. The predicted octanol–water partition coefficient (Wildman–Crippen LogP) is 1.72. The molecule has 1 aromatic heterocycles. The second kappa shape index (κ2) is 9.69. The zero-order valence-electron chi connectivity index (χ0n) is 17.7. The monoisotopic (exact) mass is 435 g/mol. The Morgan fingerprint density at radius 2 is 1.94 bits per heavy atom. The number of carbonyl (C=O) groups excluding carboxylic acids is 1. The highest BCUT2D eigenvalue weighted by Gasteiger charge is 2.27. The molecular formula is C23H24FN6O2-. The molecule has 0 saturated heterocycles. The molecule has 1 aliphatic carbocycles. The molecule has 1 aliphatic rings. The van der Waals surface area contributed by atoms with Gasteiger partial charge in [-0.2, -0.15) is 0 Å². The highest BCUT2D eigenvalue weighted by Crippen LogP contribution is 2.20. The molecule has 2 aromatic carbocycles. The van der Waals surface area contributed by atoms with Gasteiger partial charge in [0.15, 0.2) is 5.69 Å². The minimum absolute atomic E-state index is 0.180. The van der Waals surface area contributed by atoms with Crippen molar-refractivity contribution in [1.29, 1.82) is 0 Å². The van der Waals surface area contributed by atoms with Gasteiger partial charge in [0, 0.05) is 31.2 Å². The summed E-state index contributed by atoms with van der Waals surface area (Å²) < 4.78 is 15.5. The maximum atomic E-state index is 13.9. The van der Waals surface area contributed by atoms with Gasteiger partial charge in [-0.15, -0.1) is 5.10 Å². The van der Waals surface area contributed by atoms with Crippen molar-refractivity contribution in [1.82, 2.24) is 25.6 Å². The summed E-state index contributed by atoms with van der Waals surface area (Å²) in [6, 6.07) is 13.5. The Hall–Kier alpha value is -3.59. The molecule has 1 heterocycles. The molecule has 0 bridgehead atoms. The van der Waals surface area contributed by atoms with Crippen molar-refractivity contribution < 1.29 is 14.3 Å². The third kappa shape index (κ3) is 5.00. The fourth-order valence-electron chi connectivity index (χ4n) is 3.26. The summed E-state index contributed by atoms with van der Waals surface area (Å²) in [7, 11) is 0. The largest absolute Gasteiger partial charge is 0.858 e. The smallest absolute Gasteiger partial charge is 0.274 e. The number of aromatic nitrogens is 3. The maximum Gasteiger partial charge on any atom is 0.274 e. The van der Waals surface area contributed by atoms with Gasteiger partial charge in [-0.25, -0.2) is 9.07 Å². The normalized spacial score (nSPS) is 13.9. The van der Waals surface area contributed by atoms with Crippen molar-refractivity contribution in [3.8, 4) is 5.69 Å². The minimum atomic E-state index is -0.295. The Kier molecular flexibility index (Phi) is 6.55. The molecule has 0 radical (unpaired) electrons. The lowest BCUT2D eigenvalue weighted by atomic mass is 10.2. The van der Waals surface area contributed by atoms with E-state index in [9.17, 15) is 14.3 Å². The fourth-order valence-corrected chi connectivity index (χ4v) is 3.26. The Labute approximate surface area is 185 Å². The molecule has 3 aromatic rings. The Balaban J connectivity index is 1.58. The molecule has 0 aliphatic heterocycles. The van der Waals surface area contributed by atoms with E-state index in [-0.39, 0.29) is 42.4 Å². The number of nitrogens with one attached hydrogen (secondary N) is 2. The van der Waals surface area contributed by atoms with E-state index in [1.54, 1.807) is 54.1 Å². The third-order valence-corrected chi connectivity index (χ3v) is 5.12. The lowest BCUT2D eigenvalue weighted by Crippen LogP contribution is -2.28. The minimum Gasteiger partial charge on any atom is -0.858 e. The average Bonchev–Trinajstić information content (AvgIpc) is 3.51. The van der Waals surface area contributed by atoms with Crippen LogP contribution in [0.25, 0.3) is 5.69 Å². The van der Waals surface area contributed by atoms with Crippen LogP contribution >= 0.6 is 0 Å². The van der Waals surface area contributed by atoms with Crippen LogP contribution in [0.5, 0.6) is 0 Å². The van der Waals surface area contributed by atoms with Gasteiger partial charge in [0.2, 0.25) is 0 Å². The van der Waals surface area contributed by atoms with E-state index >= 15 is 0 Å². The number of benzene rings is 2. The first-order valence-electron chi connectivity index (χ1n) is 10.6. The van der Waals surface area contributed by atoms with Crippen LogP contribution in [0.15, 0.2) is 53.5 Å². The Morgan fingerprint density at radius 1 is 1.19 bits per heavy atom. The summed E-state index contributed by atoms with van der Waals surface area (Å²) in [6.07, 6.45) is 1.91. The third-order valence-electron chi connectivity index (χ3n) is 5.12. The lowest BCUT2D eigenvalue weighted by molar-refractivity contribution is -0.213. The molecule has 1 saturated carbocycles. The van der Waals surface area contributed by atoms with Crippen LogP contribution in [0.1, 0.15) is 47.1 Å². The van der Waals surface area contributed by atoms with E-state index in [0.717, 1.165) is 12.8 Å². The van der Waals surface area contributed by atoms with Crippen LogP contribution in [0, 0.1) is 5.82 Å². The number of hydrogen-bond donors (Lipinski definition) is 2. The molecule has 0 spiro atoms. The van der Waals surface area contributed by atoms with E-state index < -0.39 is 0 Å². The summed E-state index contributed by atoms with van der Waals surface area (Å²) >= 11 is 0. The highest BCUT2D eigenvalue weighted by molar-refractivity contribution is 5.94. The maximum absolute atomic E-state index is 13.9. The Morgan fingerprint density at radius 3 is 2.62 bits per heavy atom. The van der Waals surface area contributed by atoms with Gasteiger partial charge in [-0.05, 0) is 49.4 Å². The molecule has 0 atom stereocenters. The van der Waals surface area contributed by atoms with Crippen molar-refractivity contribution in [2.24, 2.45) is 4.99 Å². The zero-order valence-corrected chi connectivity index (χ0v) is 17.7. The van der Waals surface area contributed by atoms with Crippen molar-refractivity contribution in [3.63, 3.8) is 0 Å². The highest BCUT2D eigenvalue weighted by atomic mass is 19.1. The lowest BCUT2D eigenvalue weighted by Gasteiger charge is -2.13. The van der Waals surface area contributed by atoms with Crippen molar-refractivity contribution in [2.45, 2.75) is 38.9 Å². The van der Waals surface area contributed by atoms with Crippen LogP contribution in [0.3, 0.4) is 0 Å². The van der Waals surface area contributed by atoms with Gasteiger partial charge in [-0.1, -0.05) is 35.5 Å². The molecule has 8 nitrogen and oxygen atoms in total. The Bertz CT molecular complexity index is 1120. The SMILES string of the molecule is CCN=C([O-])c1ccc(-n2nnc(C(=O)NC3CC3)c2CNCc2ccccc2F)cc1. The summed E-state index contributed by atoms with van der Waals surface area (Å²) in [5, 5.41) is 26.4. The quantitative estimate of drug-likeness (QED) is 0.393. The van der Waals surface area contributed by atoms with Crippen LogP contribution < -0.4 is 15.7 Å². The molecule has 4 rings (SSSR count). The van der Waals surface area contributed by atoms with Crippen molar-refractivity contribution in [3.05, 3.63) is 76.9 Å². The van der Waals surface area contributed by atoms with Crippen LogP contribution in [0.4, 0.5) is 4.39 Å². The molecule has 1 amide bonds. The number of hydrogen-bond acceptors (Lipinski definition) is 6. The van der Waals surface area contributed by atoms with Gasteiger partial charge >= 0.3 is 0 Å². The van der Waals surface area contributed by atoms with Crippen LogP contribution in [-0.4, -0.2) is 39.4 Å². The first-order valence-corrected chi connectivity index (χ1v) is 10.6. The summed E-state index contributed by atoms with van der Waals surface area (Å²) in [6.45, 7) is 2.76. The summed E-state index contributed by atoms with van der Waals surface area (Å²) in [5.74, 6) is -0.861. The molecule has 166 valence electrons. The van der Waals surface area contributed by atoms with E-state index in [1.165, 1.54) is 6.07 Å². The van der Waals surface area contributed by atoms with E-state index in [0.29, 0.717) is 29.1 Å². The number of aliphatic imine (C=N–C) groups is 1. The van der Waals surface area contributed by atoms with Gasteiger partial charge < -0.3 is 20.7 Å². The number of halogens is 1. The van der Waals surface area contributed by atoms with Gasteiger partial charge in [0.25, 0.3) is 5.91 Å². The van der Waals surface area contributed by atoms with E-state index in [1.807, 2.05) is 0 Å². The van der Waals surface area contributed by atoms with Gasteiger partial charge in [0.1, 0.15) is 5.82 Å². The van der Waals surface area contributed by atoms with Gasteiger partial charge in [0.05, 0.1) is 11.4 Å². The second-order valence-electron chi connectivity index (χ2n) is 7.57. The standard InChI is InChI=1S/C23H25FN6O2/c1-2-26-22(31)15-7-11-18(12-8-15)30-20(14-25-13-16-5-3-4-6-19(16)24)21(28-29-30)23(32)27-17-9-10-17/h3-8,11-12,17,25H,2,9-10,13-14H2,1H3,(H,26,31)(H,27,32)/p-1. The molecule has 0 unspecified atom stereocenters. The molecule has 9 heteroatoms. The zero-order chi connectivity index (χ0) is 22.5. The second-order valence-corrected chi connectivity index (χ2v) is 7.57. The number of nitrogens with zero attached hydrogens (tertiary/aromatic N) is 4. The number of carbonyl (C=O) groups is 1. The van der Waals surface area contributed by atoms with Crippen LogP contribution in [-0.2, 0) is 13.1 Å². The molecule has 1 fully saturated rings. The molecule has 2 N–H and O–H groups in total. The first kappa shape index (κ1) is 21.6. The first-order chi connectivity index (χ1) is 15.6.